The predicted octanol–water partition coefficient (Wildman–Crippen LogP) is 4.87. The molecule has 2 amide bonds. The number of carbonyl (C=O) groups is 3. The van der Waals surface area contributed by atoms with Gasteiger partial charge in [-0.2, -0.15) is 0 Å². The van der Waals surface area contributed by atoms with Crippen LogP contribution in [0.4, 0.5) is 4.79 Å². The molecule has 0 radical (unpaired) electrons. The fraction of sp³-hybridized carbons (Fsp3) is 0.517. The molecule has 2 N–H and O–H groups in total. The number of hydrogen-bond acceptors (Lipinski definition) is 7. The summed E-state index contributed by atoms with van der Waals surface area (Å²) < 4.78 is 11.2. The molecule has 226 valence electrons. The van der Waals surface area contributed by atoms with Gasteiger partial charge in [0.15, 0.2) is 0 Å². The number of pyridine rings is 1. The number of aromatic nitrogens is 1. The van der Waals surface area contributed by atoms with Gasteiger partial charge in [0.2, 0.25) is 5.91 Å². The number of alkyl carbamates (subject to hydrolysis) is 1. The van der Waals surface area contributed by atoms with E-state index in [1.54, 1.807) is 36.2 Å². The number of nitrogens with zero attached hydrogens (tertiary/aromatic N) is 3. The molecular formula is C29H40Cl2N4O6. The van der Waals surface area contributed by atoms with Crippen LogP contribution in [0.15, 0.2) is 36.5 Å². The second kappa shape index (κ2) is 17.7. The molecule has 1 aromatic heterocycles. The van der Waals surface area contributed by atoms with Gasteiger partial charge in [-0.3, -0.25) is 14.6 Å². The van der Waals surface area contributed by atoms with Crippen molar-refractivity contribution in [1.82, 2.24) is 20.1 Å². The van der Waals surface area contributed by atoms with Gasteiger partial charge in [-0.25, -0.2) is 4.79 Å². The minimum atomic E-state index is -0.810. The topological polar surface area (TPSA) is 121 Å². The monoisotopic (exact) mass is 610 g/mol. The molecule has 1 aliphatic heterocycles. The standard InChI is InChI=1S/C28H38Cl2N4O4.CH2O2/c1-5-22(33(3)4)18-38-25-8-7-13-31-26(25)19-11-14-34(15-12-19)27(35)24(32-28(36)37-6-2)16-20-9-10-21(29)17-23(20)30;2-1-3/h7-10,13,17,19,22,24H,5-6,11-12,14-16,18H2,1-4H3,(H,32,36);1H,(H,2,3)/t22-,24-;/m1./s1. The van der Waals surface area contributed by atoms with E-state index in [4.69, 9.17) is 42.6 Å². The molecular weight excluding hydrogens is 571 g/mol. The Bertz CT molecular complexity index is 1130. The van der Waals surface area contributed by atoms with Gasteiger partial charge >= 0.3 is 6.09 Å². The smallest absolute Gasteiger partial charge is 0.407 e. The summed E-state index contributed by atoms with van der Waals surface area (Å²) in [5.41, 5.74) is 1.65. The van der Waals surface area contributed by atoms with Crippen molar-refractivity contribution in [2.24, 2.45) is 0 Å². The van der Waals surface area contributed by atoms with Crippen molar-refractivity contribution in [1.29, 1.82) is 0 Å². The van der Waals surface area contributed by atoms with Crippen molar-refractivity contribution >= 4 is 41.7 Å². The number of hydrogen-bond donors (Lipinski definition) is 2. The van der Waals surface area contributed by atoms with Gasteiger partial charge in [-0.05, 0) is 70.1 Å². The van der Waals surface area contributed by atoms with E-state index < -0.39 is 12.1 Å². The molecule has 12 heteroatoms. The van der Waals surface area contributed by atoms with E-state index in [-0.39, 0.29) is 31.3 Å². The van der Waals surface area contributed by atoms with Crippen LogP contribution in [0.2, 0.25) is 10.0 Å². The summed E-state index contributed by atoms with van der Waals surface area (Å²) in [6, 6.07) is 8.48. The SMILES string of the molecule is CCOC(=O)N[C@H](Cc1ccc(Cl)cc1Cl)C(=O)N1CCC(c2ncccc2OC[C@@H](CC)N(C)C)CC1.O=CO. The van der Waals surface area contributed by atoms with E-state index in [1.807, 2.05) is 12.1 Å². The van der Waals surface area contributed by atoms with Gasteiger partial charge in [-0.1, -0.05) is 36.2 Å². The largest absolute Gasteiger partial charge is 0.490 e. The average Bonchev–Trinajstić information content (AvgIpc) is 2.95. The predicted molar refractivity (Wildman–Crippen MR) is 159 cm³/mol. The first kappa shape index (κ1) is 34.1. The molecule has 1 aliphatic rings. The highest BCUT2D eigenvalue weighted by atomic mass is 35.5. The second-order valence-electron chi connectivity index (χ2n) is 9.79. The fourth-order valence-electron chi connectivity index (χ4n) is 4.67. The molecule has 1 saturated heterocycles. The number of likely N-dealkylation sites (tertiary alicyclic amines) is 1. The van der Waals surface area contributed by atoms with Crippen LogP contribution in [0.1, 0.15) is 50.3 Å². The molecule has 0 spiro atoms. The van der Waals surface area contributed by atoms with Crippen LogP contribution in [0.5, 0.6) is 5.75 Å². The van der Waals surface area contributed by atoms with Gasteiger partial charge < -0.3 is 29.7 Å². The normalized spacial score (nSPS) is 14.9. The number of piperidine rings is 1. The summed E-state index contributed by atoms with van der Waals surface area (Å²) in [6.45, 7) is 5.51. The third kappa shape index (κ3) is 10.7. The van der Waals surface area contributed by atoms with Crippen LogP contribution in [-0.4, -0.2) is 90.8 Å². The molecule has 2 atom stereocenters. The minimum Gasteiger partial charge on any atom is -0.490 e. The maximum absolute atomic E-state index is 13.5. The highest BCUT2D eigenvalue weighted by Gasteiger charge is 2.32. The molecule has 0 unspecified atom stereocenters. The highest BCUT2D eigenvalue weighted by Crippen LogP contribution is 2.33. The number of carbonyl (C=O) groups excluding carboxylic acids is 2. The van der Waals surface area contributed by atoms with Crippen LogP contribution in [0, 0.1) is 0 Å². The Balaban J connectivity index is 0.00000187. The van der Waals surface area contributed by atoms with Crippen LogP contribution in [-0.2, 0) is 20.7 Å². The van der Waals surface area contributed by atoms with Crippen molar-refractivity contribution in [2.75, 3.05) is 40.4 Å². The zero-order valence-corrected chi connectivity index (χ0v) is 25.5. The summed E-state index contributed by atoms with van der Waals surface area (Å²) in [5.74, 6) is 0.811. The lowest BCUT2D eigenvalue weighted by Gasteiger charge is -2.34. The lowest BCUT2D eigenvalue weighted by Crippen LogP contribution is -2.51. The first-order valence-corrected chi connectivity index (χ1v) is 14.4. The molecule has 1 fully saturated rings. The van der Waals surface area contributed by atoms with Crippen molar-refractivity contribution in [3.63, 3.8) is 0 Å². The number of amides is 2. The van der Waals surface area contributed by atoms with Crippen molar-refractivity contribution in [2.45, 2.75) is 57.5 Å². The van der Waals surface area contributed by atoms with Gasteiger partial charge in [0.05, 0.1) is 12.3 Å². The molecule has 41 heavy (non-hydrogen) atoms. The number of ether oxygens (including phenoxy) is 2. The van der Waals surface area contributed by atoms with E-state index in [0.717, 1.165) is 36.3 Å². The molecule has 1 aromatic carbocycles. The van der Waals surface area contributed by atoms with Gasteiger partial charge in [0.25, 0.3) is 6.47 Å². The van der Waals surface area contributed by atoms with E-state index in [0.29, 0.717) is 35.8 Å². The summed E-state index contributed by atoms with van der Waals surface area (Å²) in [7, 11) is 4.11. The fourth-order valence-corrected chi connectivity index (χ4v) is 5.15. The minimum absolute atomic E-state index is 0.170. The van der Waals surface area contributed by atoms with Gasteiger partial charge in [0.1, 0.15) is 18.4 Å². The Labute approximate surface area is 251 Å². The number of halogens is 2. The summed E-state index contributed by atoms with van der Waals surface area (Å²) >= 11 is 12.4. The maximum Gasteiger partial charge on any atom is 0.407 e. The summed E-state index contributed by atoms with van der Waals surface area (Å²) in [5, 5.41) is 10.6. The van der Waals surface area contributed by atoms with Crippen LogP contribution in [0.3, 0.4) is 0 Å². The Morgan fingerprint density at radius 1 is 1.22 bits per heavy atom. The first-order chi connectivity index (χ1) is 19.6. The highest BCUT2D eigenvalue weighted by molar-refractivity contribution is 6.35. The number of likely N-dealkylation sites (N-methyl/N-ethyl adjacent to an activating group) is 1. The van der Waals surface area contributed by atoms with E-state index >= 15 is 0 Å². The van der Waals surface area contributed by atoms with Crippen molar-refractivity contribution in [3.8, 4) is 5.75 Å². The van der Waals surface area contributed by atoms with E-state index in [1.165, 1.54) is 0 Å². The van der Waals surface area contributed by atoms with Crippen LogP contribution in [0.25, 0.3) is 0 Å². The Morgan fingerprint density at radius 3 is 2.49 bits per heavy atom. The van der Waals surface area contributed by atoms with Gasteiger partial charge in [0, 0.05) is 47.7 Å². The molecule has 0 bridgehead atoms. The Kier molecular flexibility index (Phi) is 14.7. The van der Waals surface area contributed by atoms with Crippen molar-refractivity contribution < 1.29 is 29.0 Å². The lowest BCUT2D eigenvalue weighted by atomic mass is 9.91. The van der Waals surface area contributed by atoms with Crippen molar-refractivity contribution in [3.05, 3.63) is 57.8 Å². The molecule has 0 saturated carbocycles. The molecule has 10 nitrogen and oxygen atoms in total. The number of carboxylic acid groups (broad SMARTS) is 1. The Hall–Kier alpha value is -3.08. The van der Waals surface area contributed by atoms with Gasteiger partial charge in [-0.15, -0.1) is 0 Å². The Morgan fingerprint density at radius 2 is 1.90 bits per heavy atom. The number of benzene rings is 1. The average molecular weight is 612 g/mol. The maximum atomic E-state index is 13.5. The van der Waals surface area contributed by atoms with E-state index in [9.17, 15) is 9.59 Å². The molecule has 2 heterocycles. The van der Waals surface area contributed by atoms with Crippen LogP contribution < -0.4 is 10.1 Å². The third-order valence-corrected chi connectivity index (χ3v) is 7.52. The van der Waals surface area contributed by atoms with Crippen LogP contribution >= 0.6 is 23.2 Å². The molecule has 0 aliphatic carbocycles. The number of nitrogens with one attached hydrogen (secondary N) is 1. The zero-order valence-electron chi connectivity index (χ0n) is 24.0. The second-order valence-corrected chi connectivity index (χ2v) is 10.6. The lowest BCUT2D eigenvalue weighted by molar-refractivity contribution is -0.134. The molecule has 3 rings (SSSR count). The van der Waals surface area contributed by atoms with E-state index in [2.05, 4.69) is 36.2 Å². The number of rotatable bonds is 11. The summed E-state index contributed by atoms with van der Waals surface area (Å²) in [6.07, 6.45) is 3.87. The zero-order chi connectivity index (χ0) is 30.4. The molecule has 2 aromatic rings. The first-order valence-electron chi connectivity index (χ1n) is 13.6. The summed E-state index contributed by atoms with van der Waals surface area (Å²) in [4.78, 5) is 42.7. The quantitative estimate of drug-likeness (QED) is 0.346. The third-order valence-electron chi connectivity index (χ3n) is 6.93.